The Labute approximate surface area is 336 Å². The van der Waals surface area contributed by atoms with E-state index in [1.54, 1.807) is 56.4 Å². The topological polar surface area (TPSA) is 181 Å². The predicted molar refractivity (Wildman–Crippen MR) is 217 cm³/mol. The maximum atomic E-state index is 13.3. The summed E-state index contributed by atoms with van der Waals surface area (Å²) in [6.45, 7) is 3.11. The van der Waals surface area contributed by atoms with Crippen molar-refractivity contribution in [2.24, 2.45) is 13.0 Å². The number of hydrogen-bond donors (Lipinski definition) is 3. The number of amides is 5. The predicted octanol–water partition coefficient (Wildman–Crippen LogP) is 4.02. The molecule has 0 bridgehead atoms. The van der Waals surface area contributed by atoms with Crippen LogP contribution in [0.1, 0.15) is 77.6 Å². The van der Waals surface area contributed by atoms with Gasteiger partial charge in [-0.05, 0) is 60.5 Å². The second-order valence-corrected chi connectivity index (χ2v) is 15.1. The summed E-state index contributed by atoms with van der Waals surface area (Å²) in [5.41, 5.74) is 3.60. The van der Waals surface area contributed by atoms with Gasteiger partial charge in [-0.3, -0.25) is 48.9 Å². The lowest BCUT2D eigenvalue weighted by molar-refractivity contribution is -0.136. The summed E-state index contributed by atoms with van der Waals surface area (Å²) in [7, 11) is 4.98. The van der Waals surface area contributed by atoms with Crippen LogP contribution in [-0.4, -0.2) is 95.3 Å². The van der Waals surface area contributed by atoms with Gasteiger partial charge in [-0.15, -0.1) is 0 Å². The Morgan fingerprint density at radius 2 is 1.59 bits per heavy atom. The second-order valence-electron chi connectivity index (χ2n) is 15.1. The summed E-state index contributed by atoms with van der Waals surface area (Å²) in [4.78, 5) is 83.3. The number of likely N-dealkylation sites (tertiary alicyclic amines) is 1. The first-order valence-corrected chi connectivity index (χ1v) is 19.9. The molecule has 0 radical (unpaired) electrons. The second kappa shape index (κ2) is 17.6. The average Bonchev–Trinajstić information content (AvgIpc) is 3.46. The SMILES string of the molecule is COc1cc(-c2cn(C)c(=O)c3cnccc23)cc(OC)c1CN1CC(C(=O)NCCCCCCCCNc2cccc3c2C(=O)N(C2CCC(=O)NC2=O)C3=O)C1. The molecule has 1 unspecified atom stereocenters. The van der Waals surface area contributed by atoms with Crippen molar-refractivity contribution in [1.82, 2.24) is 30.0 Å². The first-order chi connectivity index (χ1) is 28.1. The van der Waals surface area contributed by atoms with Crippen molar-refractivity contribution in [1.29, 1.82) is 0 Å². The number of hydrogen-bond acceptors (Lipinski definition) is 11. The lowest BCUT2D eigenvalue weighted by atomic mass is 9.96. The van der Waals surface area contributed by atoms with Crippen LogP contribution < -0.4 is 31.0 Å². The van der Waals surface area contributed by atoms with E-state index in [2.05, 4.69) is 25.8 Å². The Morgan fingerprint density at radius 3 is 2.29 bits per heavy atom. The van der Waals surface area contributed by atoms with Crippen molar-refractivity contribution >= 4 is 46.0 Å². The monoisotopic (exact) mass is 791 g/mol. The zero-order chi connectivity index (χ0) is 40.9. The molecule has 58 heavy (non-hydrogen) atoms. The number of ether oxygens (including phenoxy) is 2. The van der Waals surface area contributed by atoms with Crippen LogP contribution in [0.3, 0.4) is 0 Å². The quantitative estimate of drug-likeness (QED) is 0.104. The van der Waals surface area contributed by atoms with Gasteiger partial charge in [0.1, 0.15) is 17.5 Å². The molecule has 1 atom stereocenters. The van der Waals surface area contributed by atoms with E-state index in [9.17, 15) is 28.8 Å². The van der Waals surface area contributed by atoms with Crippen molar-refractivity contribution < 1.29 is 33.4 Å². The minimum atomic E-state index is -0.992. The molecule has 3 N–H and O–H groups in total. The highest BCUT2D eigenvalue weighted by Gasteiger charge is 2.45. The van der Waals surface area contributed by atoms with Gasteiger partial charge in [0.15, 0.2) is 0 Å². The van der Waals surface area contributed by atoms with E-state index in [1.807, 2.05) is 24.4 Å². The van der Waals surface area contributed by atoms with Crippen molar-refractivity contribution in [3.05, 3.63) is 82.0 Å². The van der Waals surface area contributed by atoms with Crippen molar-refractivity contribution in [3.8, 4) is 22.6 Å². The fourth-order valence-electron chi connectivity index (χ4n) is 8.12. The van der Waals surface area contributed by atoms with E-state index >= 15 is 0 Å². The first-order valence-electron chi connectivity index (χ1n) is 19.9. The van der Waals surface area contributed by atoms with Crippen LogP contribution in [0.25, 0.3) is 21.9 Å². The number of methoxy groups -OCH3 is 2. The lowest BCUT2D eigenvalue weighted by Gasteiger charge is -2.38. The molecule has 15 nitrogen and oxygen atoms in total. The third-order valence-corrected chi connectivity index (χ3v) is 11.3. The van der Waals surface area contributed by atoms with Crippen LogP contribution >= 0.6 is 0 Å². The number of nitrogens with zero attached hydrogens (tertiary/aromatic N) is 4. The molecule has 0 aliphatic carbocycles. The summed E-state index contributed by atoms with van der Waals surface area (Å²) in [5.74, 6) is -0.730. The number of piperidine rings is 1. The van der Waals surface area contributed by atoms with Gasteiger partial charge < -0.3 is 24.7 Å². The fraction of sp³-hybridized carbons (Fsp3) is 0.419. The number of rotatable bonds is 17. The third-order valence-electron chi connectivity index (χ3n) is 11.3. The summed E-state index contributed by atoms with van der Waals surface area (Å²) < 4.78 is 13.2. The summed E-state index contributed by atoms with van der Waals surface area (Å²) >= 11 is 0. The van der Waals surface area contributed by atoms with E-state index < -0.39 is 29.7 Å². The highest BCUT2D eigenvalue weighted by atomic mass is 16.5. The highest BCUT2D eigenvalue weighted by molar-refractivity contribution is 6.25. The van der Waals surface area contributed by atoms with Crippen LogP contribution in [0.5, 0.6) is 11.5 Å². The van der Waals surface area contributed by atoms with E-state index in [1.165, 1.54) is 0 Å². The number of carbonyl (C=O) groups is 5. The number of unbranched alkanes of at least 4 members (excludes halogenated alkanes) is 5. The molecule has 0 saturated carbocycles. The first kappa shape index (κ1) is 40.1. The molecule has 4 aromatic rings. The number of imide groups is 2. The molecule has 3 aliphatic rings. The van der Waals surface area contributed by atoms with Gasteiger partial charge in [0.05, 0.1) is 42.2 Å². The van der Waals surface area contributed by atoms with Crippen LogP contribution in [0.2, 0.25) is 0 Å². The largest absolute Gasteiger partial charge is 0.496 e. The summed E-state index contributed by atoms with van der Waals surface area (Å²) in [6.07, 6.45) is 11.1. The Balaban J connectivity index is 0.800. The summed E-state index contributed by atoms with van der Waals surface area (Å²) in [6, 6.07) is 9.84. The number of benzene rings is 2. The Hall–Kier alpha value is -6.09. The fourth-order valence-corrected chi connectivity index (χ4v) is 8.12. The maximum Gasteiger partial charge on any atom is 0.264 e. The molecule has 15 heteroatoms. The maximum absolute atomic E-state index is 13.3. The number of aryl methyl sites for hydroxylation is 1. The number of aromatic nitrogens is 2. The molecular formula is C43H49N7O8. The van der Waals surface area contributed by atoms with E-state index in [-0.39, 0.29) is 41.4 Å². The molecule has 5 heterocycles. The van der Waals surface area contributed by atoms with Gasteiger partial charge in [0, 0.05) is 76.0 Å². The summed E-state index contributed by atoms with van der Waals surface area (Å²) in [5, 5.41) is 9.96. The number of anilines is 1. The number of pyridine rings is 2. The van der Waals surface area contributed by atoms with Crippen LogP contribution in [0, 0.1) is 5.92 Å². The van der Waals surface area contributed by atoms with Gasteiger partial charge in [-0.1, -0.05) is 31.7 Å². The Bertz CT molecular complexity index is 2290. The van der Waals surface area contributed by atoms with Gasteiger partial charge in [-0.2, -0.15) is 0 Å². The van der Waals surface area contributed by atoms with Crippen molar-refractivity contribution in [2.45, 2.75) is 64.0 Å². The van der Waals surface area contributed by atoms with E-state index in [0.717, 1.165) is 65.5 Å². The molecular weight excluding hydrogens is 743 g/mol. The minimum absolute atomic E-state index is 0.0699. The number of fused-ring (bicyclic) bond motifs is 2. The Kier molecular flexibility index (Phi) is 12.2. The average molecular weight is 792 g/mol. The molecule has 2 aromatic heterocycles. The zero-order valence-electron chi connectivity index (χ0n) is 33.1. The molecule has 7 rings (SSSR count). The molecule has 0 spiro atoms. The van der Waals surface area contributed by atoms with Crippen molar-refractivity contribution in [2.75, 3.05) is 45.7 Å². The molecule has 2 fully saturated rings. The van der Waals surface area contributed by atoms with E-state index in [0.29, 0.717) is 55.3 Å². The van der Waals surface area contributed by atoms with Crippen LogP contribution in [-0.2, 0) is 28.0 Å². The van der Waals surface area contributed by atoms with Gasteiger partial charge in [0.25, 0.3) is 17.4 Å². The highest BCUT2D eigenvalue weighted by Crippen LogP contribution is 2.39. The standard InChI is InChI=1S/C43H49N7O8/c1-48-24-31(28-15-18-44-21-30(28)41(48)54)26-19-35(57-2)32(36(20-26)58-3)25-49-22-27(23-49)39(52)46-17-9-7-5-4-6-8-16-45-33-12-10-11-29-38(33)43(56)50(42(29)55)34-13-14-37(51)47-40(34)53/h10-12,15,18-21,24,27,34,45H,4-9,13-14,16-17,22-23,25H2,1-3H3,(H,46,52)(H,47,51,53). The number of nitrogens with one attached hydrogen (secondary N) is 3. The van der Waals surface area contributed by atoms with Gasteiger partial charge >= 0.3 is 0 Å². The molecule has 2 aromatic carbocycles. The molecule has 2 saturated heterocycles. The van der Waals surface area contributed by atoms with Crippen LogP contribution in [0.15, 0.2) is 59.8 Å². The van der Waals surface area contributed by atoms with Gasteiger partial charge in [-0.25, -0.2) is 0 Å². The molecule has 5 amide bonds. The van der Waals surface area contributed by atoms with E-state index in [4.69, 9.17) is 9.47 Å². The van der Waals surface area contributed by atoms with Crippen molar-refractivity contribution in [3.63, 3.8) is 0 Å². The smallest absolute Gasteiger partial charge is 0.264 e. The normalized spacial score (nSPS) is 16.9. The molecule has 3 aliphatic heterocycles. The third kappa shape index (κ3) is 8.17. The minimum Gasteiger partial charge on any atom is -0.496 e. The molecule has 304 valence electrons. The number of carbonyl (C=O) groups excluding carboxylic acids is 5. The van der Waals surface area contributed by atoms with Crippen LogP contribution in [0.4, 0.5) is 5.69 Å². The lowest BCUT2D eigenvalue weighted by Crippen LogP contribution is -2.54. The van der Waals surface area contributed by atoms with Gasteiger partial charge in [0.2, 0.25) is 17.7 Å². The Morgan fingerprint density at radius 1 is 0.879 bits per heavy atom. The zero-order valence-corrected chi connectivity index (χ0v) is 33.1.